The third-order valence-electron chi connectivity index (χ3n) is 6.10. The van der Waals surface area contributed by atoms with Crippen LogP contribution in [0.5, 0.6) is 0 Å². The average Bonchev–Trinajstić information content (AvgIpc) is 3.35. The van der Waals surface area contributed by atoms with Crippen LogP contribution in [0.3, 0.4) is 0 Å². The van der Waals surface area contributed by atoms with Gasteiger partial charge in [-0.1, -0.05) is 30.5 Å². The van der Waals surface area contributed by atoms with Gasteiger partial charge in [-0.15, -0.1) is 0 Å². The third-order valence-corrected chi connectivity index (χ3v) is 6.53. The van der Waals surface area contributed by atoms with E-state index in [2.05, 4.69) is 9.97 Å². The summed E-state index contributed by atoms with van der Waals surface area (Å²) in [6.07, 6.45) is 5.34. The van der Waals surface area contributed by atoms with E-state index in [0.29, 0.717) is 32.6 Å². The molecule has 178 valence electrons. The number of carbonyl (C=O) groups is 1. The summed E-state index contributed by atoms with van der Waals surface area (Å²) in [6.45, 7) is -0.126. The molecule has 1 fully saturated rings. The SMILES string of the molecule is [B]C1C=C(OCc2cnc(C3CCCC3)c(C(F)(F)F)c2)C=c2c(Cl)c(CCC(=O)O)[nH]c2=C1. The van der Waals surface area contributed by atoms with Crippen LogP contribution in [0.25, 0.3) is 12.2 Å². The predicted octanol–water partition coefficient (Wildman–Crippen LogP) is 4.39. The monoisotopic (exact) mass is 490 g/mol. The molecule has 0 amide bonds. The lowest BCUT2D eigenvalue weighted by Crippen LogP contribution is -2.23. The van der Waals surface area contributed by atoms with E-state index in [1.165, 1.54) is 6.20 Å². The minimum Gasteiger partial charge on any atom is -0.489 e. The Bertz CT molecular complexity index is 1230. The number of pyridine rings is 1. The molecule has 2 aliphatic rings. The predicted molar refractivity (Wildman–Crippen MR) is 123 cm³/mol. The standard InChI is InChI=1S/C24H23BClF3N2O3/c25-15-8-16(10-17-20(9-15)31-19(22(17)26)5-6-21(32)33)34-12-13-7-18(24(27,28)29)23(30-11-13)14-3-1-2-4-14/h7-11,14-15,31H,1-6,12H2,(H,32,33). The van der Waals surface area contributed by atoms with Crippen molar-refractivity contribution in [3.8, 4) is 0 Å². The molecular formula is C24H23BClF3N2O3. The zero-order valence-corrected chi connectivity index (χ0v) is 19.0. The summed E-state index contributed by atoms with van der Waals surface area (Å²) in [4.78, 5) is 18.2. The van der Waals surface area contributed by atoms with Crippen molar-refractivity contribution in [1.29, 1.82) is 0 Å². The fourth-order valence-electron chi connectivity index (χ4n) is 4.47. The van der Waals surface area contributed by atoms with Gasteiger partial charge in [0.25, 0.3) is 0 Å². The number of carboxylic acids is 1. The second-order valence-electron chi connectivity index (χ2n) is 8.64. The Balaban J connectivity index is 1.57. The molecule has 1 unspecified atom stereocenters. The first kappa shape index (κ1) is 24.4. The normalized spacial score (nSPS) is 18.5. The Labute approximate surface area is 200 Å². The number of aromatic amines is 1. The molecule has 0 aromatic carbocycles. The third kappa shape index (κ3) is 5.51. The van der Waals surface area contributed by atoms with Gasteiger partial charge in [0, 0.05) is 33.9 Å². The number of allylic oxidation sites excluding steroid dienone is 2. The van der Waals surface area contributed by atoms with Gasteiger partial charge in [0.1, 0.15) is 12.4 Å². The number of carboxylic acid groups (broad SMARTS) is 1. The lowest BCUT2D eigenvalue weighted by Gasteiger charge is -2.18. The van der Waals surface area contributed by atoms with E-state index in [1.54, 1.807) is 18.2 Å². The van der Waals surface area contributed by atoms with E-state index >= 15 is 0 Å². The fraction of sp³-hybridized carbons (Fsp3) is 0.417. The molecule has 2 radical (unpaired) electrons. The van der Waals surface area contributed by atoms with Gasteiger partial charge in [-0.2, -0.15) is 13.2 Å². The lowest BCUT2D eigenvalue weighted by atomic mass is 9.87. The van der Waals surface area contributed by atoms with Gasteiger partial charge in [-0.3, -0.25) is 9.78 Å². The highest BCUT2D eigenvalue weighted by Crippen LogP contribution is 2.40. The molecule has 0 spiro atoms. The molecule has 5 nitrogen and oxygen atoms in total. The molecule has 2 N–H and O–H groups in total. The first-order valence-electron chi connectivity index (χ1n) is 11.1. The Hall–Kier alpha value is -2.68. The molecule has 34 heavy (non-hydrogen) atoms. The number of aliphatic carboxylic acids is 1. The quantitative estimate of drug-likeness (QED) is 0.565. The molecule has 2 aromatic rings. The van der Waals surface area contributed by atoms with Crippen LogP contribution in [0.2, 0.25) is 10.8 Å². The summed E-state index contributed by atoms with van der Waals surface area (Å²) in [5.74, 6) is -1.30. The van der Waals surface area contributed by atoms with Crippen LogP contribution in [-0.2, 0) is 28.7 Å². The number of alkyl halides is 3. The number of hydrogen-bond acceptors (Lipinski definition) is 3. The molecule has 4 rings (SSSR count). The molecule has 1 atom stereocenters. The largest absolute Gasteiger partial charge is 0.489 e. The summed E-state index contributed by atoms with van der Waals surface area (Å²) in [5.41, 5.74) is 0.274. The second kappa shape index (κ2) is 9.90. The van der Waals surface area contributed by atoms with Crippen molar-refractivity contribution in [3.63, 3.8) is 0 Å². The number of aryl methyl sites for hydroxylation is 1. The summed E-state index contributed by atoms with van der Waals surface area (Å²) < 4.78 is 47.0. The van der Waals surface area contributed by atoms with Crippen molar-refractivity contribution in [2.75, 3.05) is 0 Å². The van der Waals surface area contributed by atoms with Crippen molar-refractivity contribution in [2.24, 2.45) is 0 Å². The molecular weight excluding hydrogens is 468 g/mol. The first-order valence-corrected chi connectivity index (χ1v) is 11.5. The van der Waals surface area contributed by atoms with Gasteiger partial charge >= 0.3 is 12.1 Å². The maximum Gasteiger partial charge on any atom is 0.418 e. The van der Waals surface area contributed by atoms with E-state index in [4.69, 9.17) is 29.3 Å². The Morgan fingerprint density at radius 3 is 2.71 bits per heavy atom. The van der Waals surface area contributed by atoms with Crippen LogP contribution in [0.4, 0.5) is 13.2 Å². The van der Waals surface area contributed by atoms with Gasteiger partial charge < -0.3 is 14.8 Å². The van der Waals surface area contributed by atoms with Gasteiger partial charge in [0.05, 0.1) is 30.5 Å². The highest BCUT2D eigenvalue weighted by Gasteiger charge is 2.37. The topological polar surface area (TPSA) is 75.2 Å². The number of hydrogen-bond donors (Lipinski definition) is 2. The summed E-state index contributed by atoms with van der Waals surface area (Å²) in [7, 11) is 6.11. The lowest BCUT2D eigenvalue weighted by molar-refractivity contribution is -0.139. The van der Waals surface area contributed by atoms with Gasteiger partial charge in [-0.25, -0.2) is 0 Å². The molecule has 2 heterocycles. The zero-order chi connectivity index (χ0) is 24.5. The summed E-state index contributed by atoms with van der Waals surface area (Å²) in [5, 5.41) is 10.5. The highest BCUT2D eigenvalue weighted by molar-refractivity contribution is 6.31. The van der Waals surface area contributed by atoms with Crippen LogP contribution in [0.1, 0.15) is 60.5 Å². The van der Waals surface area contributed by atoms with E-state index in [0.717, 1.165) is 31.7 Å². The van der Waals surface area contributed by atoms with Crippen LogP contribution < -0.4 is 10.6 Å². The Morgan fingerprint density at radius 2 is 2.03 bits per heavy atom. The number of nitrogens with zero attached hydrogens (tertiary/aromatic N) is 1. The summed E-state index contributed by atoms with van der Waals surface area (Å²) >= 11 is 6.44. The number of halogens is 4. The second-order valence-corrected chi connectivity index (χ2v) is 9.02. The van der Waals surface area contributed by atoms with Crippen molar-refractivity contribution in [2.45, 2.75) is 63.0 Å². The first-order chi connectivity index (χ1) is 16.1. The van der Waals surface area contributed by atoms with Gasteiger partial charge in [0.2, 0.25) is 0 Å². The Morgan fingerprint density at radius 1 is 1.29 bits per heavy atom. The number of H-pyrrole nitrogens is 1. The van der Waals surface area contributed by atoms with Crippen LogP contribution in [0.15, 0.2) is 24.1 Å². The van der Waals surface area contributed by atoms with Crippen LogP contribution >= 0.6 is 11.6 Å². The maximum atomic E-state index is 13.7. The minimum atomic E-state index is -4.49. The van der Waals surface area contributed by atoms with E-state index in [-0.39, 0.29) is 31.1 Å². The van der Waals surface area contributed by atoms with Crippen molar-refractivity contribution in [3.05, 3.63) is 62.2 Å². The fourth-order valence-corrected chi connectivity index (χ4v) is 4.77. The molecule has 2 aliphatic carbocycles. The maximum absolute atomic E-state index is 13.7. The number of ether oxygens (including phenoxy) is 1. The number of rotatable bonds is 7. The van der Waals surface area contributed by atoms with Crippen molar-refractivity contribution >= 4 is 37.6 Å². The number of aromatic nitrogens is 2. The zero-order valence-electron chi connectivity index (χ0n) is 18.3. The molecule has 2 aromatic heterocycles. The van der Waals surface area contributed by atoms with Crippen LogP contribution in [0, 0.1) is 0 Å². The van der Waals surface area contributed by atoms with Gasteiger partial charge in [0.15, 0.2) is 0 Å². The van der Waals surface area contributed by atoms with Crippen LogP contribution in [-0.4, -0.2) is 28.9 Å². The Kier molecular flexibility index (Phi) is 7.12. The summed E-state index contributed by atoms with van der Waals surface area (Å²) in [6, 6.07) is 1.11. The van der Waals surface area contributed by atoms with Crippen molar-refractivity contribution in [1.82, 2.24) is 9.97 Å². The smallest absolute Gasteiger partial charge is 0.418 e. The van der Waals surface area contributed by atoms with E-state index in [9.17, 15) is 18.0 Å². The highest BCUT2D eigenvalue weighted by atomic mass is 35.5. The minimum absolute atomic E-state index is 0.0875. The molecule has 0 saturated heterocycles. The number of nitrogens with one attached hydrogen (secondary N) is 1. The van der Waals surface area contributed by atoms with E-state index < -0.39 is 23.5 Å². The van der Waals surface area contributed by atoms with E-state index in [1.807, 2.05) is 0 Å². The number of fused-ring (bicyclic) bond motifs is 1. The van der Waals surface area contributed by atoms with Crippen molar-refractivity contribution < 1.29 is 27.8 Å². The molecule has 0 bridgehead atoms. The molecule has 1 saturated carbocycles. The average molecular weight is 491 g/mol. The molecule has 10 heteroatoms. The van der Waals surface area contributed by atoms with Gasteiger partial charge in [-0.05, 0) is 43.3 Å². The molecule has 0 aliphatic heterocycles.